The molecule has 0 bridgehead atoms. The summed E-state index contributed by atoms with van der Waals surface area (Å²) in [7, 11) is 1.52. The lowest BCUT2D eigenvalue weighted by Crippen LogP contribution is -2.21. The molecule has 0 unspecified atom stereocenters. The standard InChI is InChI=1S/C21H20N2O5/c1-3-27-18-9-7-17(8-10-18)23-20(24)14-28-21(25)16(13-22)11-15-5-4-6-19(12-15)26-2/h4-12H,3,14H2,1-2H3,(H,23,24)/b16-11+. The molecule has 2 aromatic rings. The van der Waals surface area contributed by atoms with Crippen molar-refractivity contribution in [3.8, 4) is 17.6 Å². The van der Waals surface area contributed by atoms with Gasteiger partial charge in [0.2, 0.25) is 0 Å². The van der Waals surface area contributed by atoms with Crippen molar-refractivity contribution in [1.29, 1.82) is 5.26 Å². The second kappa shape index (κ2) is 10.4. The molecule has 0 saturated carbocycles. The third kappa shape index (κ3) is 6.18. The minimum Gasteiger partial charge on any atom is -0.497 e. The Morgan fingerprint density at radius 3 is 2.54 bits per heavy atom. The minimum absolute atomic E-state index is 0.220. The molecule has 28 heavy (non-hydrogen) atoms. The molecule has 2 rings (SSSR count). The number of nitriles is 1. The van der Waals surface area contributed by atoms with E-state index in [-0.39, 0.29) is 5.57 Å². The molecular weight excluding hydrogens is 360 g/mol. The number of amides is 1. The molecule has 0 spiro atoms. The molecule has 2 aromatic carbocycles. The van der Waals surface area contributed by atoms with Crippen LogP contribution in [0.15, 0.2) is 54.1 Å². The van der Waals surface area contributed by atoms with Gasteiger partial charge in [0, 0.05) is 5.69 Å². The zero-order valence-corrected chi connectivity index (χ0v) is 15.6. The molecule has 0 aliphatic rings. The number of hydrogen-bond donors (Lipinski definition) is 1. The van der Waals surface area contributed by atoms with E-state index < -0.39 is 18.5 Å². The van der Waals surface area contributed by atoms with E-state index in [1.165, 1.54) is 13.2 Å². The summed E-state index contributed by atoms with van der Waals surface area (Å²) in [5, 5.41) is 11.8. The van der Waals surface area contributed by atoms with Gasteiger partial charge >= 0.3 is 5.97 Å². The van der Waals surface area contributed by atoms with Crippen molar-refractivity contribution in [1.82, 2.24) is 0 Å². The number of rotatable bonds is 8. The Bertz CT molecular complexity index is 898. The number of benzene rings is 2. The van der Waals surface area contributed by atoms with Crippen LogP contribution in [0.1, 0.15) is 12.5 Å². The lowest BCUT2D eigenvalue weighted by molar-refractivity contribution is -0.142. The summed E-state index contributed by atoms with van der Waals surface area (Å²) in [5.41, 5.74) is 0.922. The van der Waals surface area contributed by atoms with E-state index in [4.69, 9.17) is 14.2 Å². The molecule has 7 heteroatoms. The van der Waals surface area contributed by atoms with Crippen LogP contribution in [0.3, 0.4) is 0 Å². The Morgan fingerprint density at radius 2 is 1.89 bits per heavy atom. The highest BCUT2D eigenvalue weighted by molar-refractivity contribution is 6.00. The van der Waals surface area contributed by atoms with Gasteiger partial charge in [0.1, 0.15) is 23.1 Å². The first-order valence-corrected chi connectivity index (χ1v) is 8.51. The maximum absolute atomic E-state index is 12.1. The van der Waals surface area contributed by atoms with Crippen LogP contribution in [0.2, 0.25) is 0 Å². The van der Waals surface area contributed by atoms with Gasteiger partial charge in [-0.1, -0.05) is 12.1 Å². The summed E-state index contributed by atoms with van der Waals surface area (Å²) < 4.78 is 15.3. The molecule has 1 amide bonds. The minimum atomic E-state index is -0.882. The van der Waals surface area contributed by atoms with E-state index in [0.29, 0.717) is 29.4 Å². The molecule has 1 N–H and O–H groups in total. The Labute approximate surface area is 163 Å². The highest BCUT2D eigenvalue weighted by Gasteiger charge is 2.13. The second-order valence-corrected chi connectivity index (χ2v) is 5.53. The van der Waals surface area contributed by atoms with Crippen LogP contribution in [0, 0.1) is 11.3 Å². The summed E-state index contributed by atoms with van der Waals surface area (Å²) in [6.45, 7) is 1.91. The molecule has 0 heterocycles. The highest BCUT2D eigenvalue weighted by Crippen LogP contribution is 2.17. The van der Waals surface area contributed by atoms with E-state index in [0.717, 1.165) is 0 Å². The number of esters is 1. The Kier molecular flexibility index (Phi) is 7.61. The first-order chi connectivity index (χ1) is 13.5. The fourth-order valence-electron chi connectivity index (χ4n) is 2.24. The van der Waals surface area contributed by atoms with Crippen LogP contribution in [-0.2, 0) is 14.3 Å². The molecule has 0 aliphatic carbocycles. The number of nitrogens with one attached hydrogen (secondary N) is 1. The maximum Gasteiger partial charge on any atom is 0.349 e. The number of carbonyl (C=O) groups is 2. The summed E-state index contributed by atoms with van der Waals surface area (Å²) in [5.74, 6) is -0.120. The van der Waals surface area contributed by atoms with Gasteiger partial charge in [-0.15, -0.1) is 0 Å². The van der Waals surface area contributed by atoms with Crippen molar-refractivity contribution >= 4 is 23.6 Å². The Hall–Kier alpha value is -3.79. The van der Waals surface area contributed by atoms with E-state index in [9.17, 15) is 14.9 Å². The molecular formula is C21H20N2O5. The predicted molar refractivity (Wildman–Crippen MR) is 104 cm³/mol. The third-order valence-electron chi connectivity index (χ3n) is 3.53. The normalized spacial score (nSPS) is 10.5. The zero-order valence-electron chi connectivity index (χ0n) is 15.6. The summed E-state index contributed by atoms with van der Waals surface area (Å²) in [6.07, 6.45) is 1.37. The van der Waals surface area contributed by atoms with E-state index in [1.807, 2.05) is 6.92 Å². The van der Waals surface area contributed by atoms with Crippen molar-refractivity contribution in [2.45, 2.75) is 6.92 Å². The van der Waals surface area contributed by atoms with E-state index in [1.54, 1.807) is 54.6 Å². The zero-order chi connectivity index (χ0) is 20.4. The largest absolute Gasteiger partial charge is 0.497 e. The van der Waals surface area contributed by atoms with Crippen molar-refractivity contribution < 1.29 is 23.8 Å². The molecule has 0 atom stereocenters. The highest BCUT2D eigenvalue weighted by atomic mass is 16.5. The van der Waals surface area contributed by atoms with Gasteiger partial charge in [0.15, 0.2) is 6.61 Å². The topological polar surface area (TPSA) is 97.6 Å². The number of ether oxygens (including phenoxy) is 3. The van der Waals surface area contributed by atoms with Crippen LogP contribution in [-0.4, -0.2) is 32.2 Å². The van der Waals surface area contributed by atoms with Gasteiger partial charge in [0.25, 0.3) is 5.91 Å². The SMILES string of the molecule is CCOc1ccc(NC(=O)COC(=O)/C(C#N)=C/c2cccc(OC)c2)cc1. The number of nitrogens with zero attached hydrogens (tertiary/aromatic N) is 1. The molecule has 7 nitrogen and oxygen atoms in total. The number of methoxy groups -OCH3 is 1. The second-order valence-electron chi connectivity index (χ2n) is 5.53. The third-order valence-corrected chi connectivity index (χ3v) is 3.53. The monoisotopic (exact) mass is 380 g/mol. The van der Waals surface area contributed by atoms with Gasteiger partial charge in [-0.05, 0) is 55.0 Å². The average molecular weight is 380 g/mol. The van der Waals surface area contributed by atoms with Gasteiger partial charge in [-0.2, -0.15) is 5.26 Å². The lowest BCUT2D eigenvalue weighted by Gasteiger charge is -2.08. The molecule has 0 radical (unpaired) electrons. The van der Waals surface area contributed by atoms with Crippen LogP contribution < -0.4 is 14.8 Å². The molecule has 0 aliphatic heterocycles. The van der Waals surface area contributed by atoms with E-state index >= 15 is 0 Å². The van der Waals surface area contributed by atoms with E-state index in [2.05, 4.69) is 5.32 Å². The number of carbonyl (C=O) groups excluding carboxylic acids is 2. The van der Waals surface area contributed by atoms with Crippen LogP contribution in [0.5, 0.6) is 11.5 Å². The van der Waals surface area contributed by atoms with Gasteiger partial charge in [-0.3, -0.25) is 4.79 Å². The molecule has 144 valence electrons. The summed E-state index contributed by atoms with van der Waals surface area (Å²) in [6, 6.07) is 15.4. The number of hydrogen-bond acceptors (Lipinski definition) is 6. The fraction of sp³-hybridized carbons (Fsp3) is 0.190. The molecule has 0 aromatic heterocycles. The Morgan fingerprint density at radius 1 is 1.14 bits per heavy atom. The van der Waals surface area contributed by atoms with Gasteiger partial charge < -0.3 is 19.5 Å². The first kappa shape index (κ1) is 20.5. The molecule has 0 fully saturated rings. The van der Waals surface area contributed by atoms with Crippen molar-refractivity contribution in [2.75, 3.05) is 25.6 Å². The van der Waals surface area contributed by atoms with Gasteiger partial charge in [0.05, 0.1) is 13.7 Å². The predicted octanol–water partition coefficient (Wildman–Crippen LogP) is 3.18. The quantitative estimate of drug-likeness (QED) is 0.429. The van der Waals surface area contributed by atoms with Gasteiger partial charge in [-0.25, -0.2) is 4.79 Å². The van der Waals surface area contributed by atoms with Crippen molar-refractivity contribution in [2.24, 2.45) is 0 Å². The van der Waals surface area contributed by atoms with Crippen LogP contribution in [0.25, 0.3) is 6.08 Å². The molecule has 0 saturated heterocycles. The first-order valence-electron chi connectivity index (χ1n) is 8.51. The van der Waals surface area contributed by atoms with Crippen LogP contribution >= 0.6 is 0 Å². The summed E-state index contributed by atoms with van der Waals surface area (Å²) >= 11 is 0. The maximum atomic E-state index is 12.1. The average Bonchev–Trinajstić information content (AvgIpc) is 2.72. The van der Waals surface area contributed by atoms with Crippen molar-refractivity contribution in [3.05, 3.63) is 59.7 Å². The fourth-order valence-corrected chi connectivity index (χ4v) is 2.24. The van der Waals surface area contributed by atoms with Crippen LogP contribution in [0.4, 0.5) is 5.69 Å². The summed E-state index contributed by atoms with van der Waals surface area (Å²) in [4.78, 5) is 24.0. The number of anilines is 1. The Balaban J connectivity index is 1.92. The smallest absolute Gasteiger partial charge is 0.349 e. The lowest BCUT2D eigenvalue weighted by atomic mass is 10.1. The van der Waals surface area contributed by atoms with Crippen molar-refractivity contribution in [3.63, 3.8) is 0 Å².